The number of benzene rings is 1. The molecule has 3 rings (SSSR count). The summed E-state index contributed by atoms with van der Waals surface area (Å²) in [5.74, 6) is -0.366. The Kier molecular flexibility index (Phi) is 2.97. The average molecular weight is 278 g/mol. The smallest absolute Gasteiger partial charge is 0.280 e. The maximum Gasteiger partial charge on any atom is 0.280 e. The second-order valence-corrected chi connectivity index (χ2v) is 4.27. The lowest BCUT2D eigenvalue weighted by atomic mass is 10.2. The summed E-state index contributed by atoms with van der Waals surface area (Å²) in [5, 5.41) is 16.8. The van der Waals surface area contributed by atoms with Crippen LogP contribution in [-0.4, -0.2) is 25.5 Å². The van der Waals surface area contributed by atoms with Crippen molar-refractivity contribution >= 4 is 11.7 Å². The number of nitrogens with zero attached hydrogens (tertiary/aromatic N) is 5. The molecule has 0 aliphatic carbocycles. The first-order valence-corrected chi connectivity index (χ1v) is 6.09. The molecule has 0 fully saturated rings. The van der Waals surface area contributed by atoms with Gasteiger partial charge in [-0.3, -0.25) is 4.79 Å². The average Bonchev–Trinajstić information content (AvgIpc) is 3.16. The molecule has 102 valence electrons. The number of aromatic nitrogens is 4. The molecule has 0 spiro atoms. The van der Waals surface area contributed by atoms with E-state index < -0.39 is 5.91 Å². The van der Waals surface area contributed by atoms with Crippen molar-refractivity contribution in [2.24, 2.45) is 0 Å². The number of rotatable bonds is 2. The minimum absolute atomic E-state index is 0.0343. The monoisotopic (exact) mass is 278 g/mol. The summed E-state index contributed by atoms with van der Waals surface area (Å²) in [6.07, 6.45) is 4.70. The molecule has 0 atom stereocenters. The molecule has 0 bridgehead atoms. The van der Waals surface area contributed by atoms with Crippen LogP contribution in [0.15, 0.2) is 48.9 Å². The van der Waals surface area contributed by atoms with Crippen LogP contribution in [0.5, 0.6) is 0 Å². The van der Waals surface area contributed by atoms with Gasteiger partial charge in [0.2, 0.25) is 0 Å². The summed E-state index contributed by atoms with van der Waals surface area (Å²) in [5.41, 5.74) is 7.05. The van der Waals surface area contributed by atoms with Gasteiger partial charge in [0.15, 0.2) is 0 Å². The van der Waals surface area contributed by atoms with Gasteiger partial charge in [-0.2, -0.15) is 20.1 Å². The first-order valence-electron chi connectivity index (χ1n) is 6.09. The van der Waals surface area contributed by atoms with Crippen molar-refractivity contribution in [2.75, 3.05) is 5.73 Å². The van der Waals surface area contributed by atoms with Crippen LogP contribution in [0, 0.1) is 11.3 Å². The highest BCUT2D eigenvalue weighted by atomic mass is 16.2. The number of nitrogen functional groups attached to an aromatic ring is 1. The van der Waals surface area contributed by atoms with E-state index in [-0.39, 0.29) is 11.4 Å². The molecule has 2 heterocycles. The zero-order valence-corrected chi connectivity index (χ0v) is 10.8. The molecule has 21 heavy (non-hydrogen) atoms. The Hall–Kier alpha value is -3.40. The molecular formula is C14H10N6O. The van der Waals surface area contributed by atoms with Gasteiger partial charge in [-0.25, -0.2) is 4.68 Å². The van der Waals surface area contributed by atoms with E-state index in [1.165, 1.54) is 6.20 Å². The van der Waals surface area contributed by atoms with E-state index in [1.807, 2.05) is 12.1 Å². The SMILES string of the molecule is N#Cc1cnn(C(=O)c2cccc(-n3cccn3)c2)c1N. The van der Waals surface area contributed by atoms with Gasteiger partial charge >= 0.3 is 0 Å². The summed E-state index contributed by atoms with van der Waals surface area (Å²) in [6.45, 7) is 0. The van der Waals surface area contributed by atoms with Gasteiger partial charge in [-0.05, 0) is 24.3 Å². The minimum atomic E-state index is -0.400. The predicted molar refractivity (Wildman–Crippen MR) is 74.6 cm³/mol. The summed E-state index contributed by atoms with van der Waals surface area (Å²) in [4.78, 5) is 12.4. The molecule has 0 aliphatic rings. The fourth-order valence-electron chi connectivity index (χ4n) is 1.93. The highest BCUT2D eigenvalue weighted by Gasteiger charge is 2.16. The molecule has 0 radical (unpaired) electrons. The molecule has 2 N–H and O–H groups in total. The standard InChI is InChI=1S/C14H10N6O/c15-8-11-9-18-20(13(11)16)14(21)10-3-1-4-12(7-10)19-6-2-5-17-19/h1-7,9H,16H2. The number of hydrogen-bond donors (Lipinski definition) is 1. The molecule has 1 aromatic carbocycles. The van der Waals surface area contributed by atoms with Gasteiger partial charge in [0.25, 0.3) is 5.91 Å². The second-order valence-electron chi connectivity index (χ2n) is 4.27. The van der Waals surface area contributed by atoms with Crippen LogP contribution in [-0.2, 0) is 0 Å². The van der Waals surface area contributed by atoms with Crippen molar-refractivity contribution in [3.8, 4) is 11.8 Å². The van der Waals surface area contributed by atoms with Crippen molar-refractivity contribution in [1.82, 2.24) is 19.6 Å². The van der Waals surface area contributed by atoms with E-state index in [9.17, 15) is 4.79 Å². The van der Waals surface area contributed by atoms with Crippen LogP contribution in [0.25, 0.3) is 5.69 Å². The Labute approximate surface area is 119 Å². The highest BCUT2D eigenvalue weighted by Crippen LogP contribution is 2.15. The fourth-order valence-corrected chi connectivity index (χ4v) is 1.93. The summed E-state index contributed by atoms with van der Waals surface area (Å²) in [6, 6.07) is 10.6. The normalized spacial score (nSPS) is 10.2. The molecule has 0 aliphatic heterocycles. The molecule has 0 saturated carbocycles. The maximum absolute atomic E-state index is 12.4. The van der Waals surface area contributed by atoms with Crippen LogP contribution < -0.4 is 5.73 Å². The summed E-state index contributed by atoms with van der Waals surface area (Å²) < 4.78 is 2.66. The third-order valence-electron chi connectivity index (χ3n) is 2.98. The van der Waals surface area contributed by atoms with E-state index >= 15 is 0 Å². The number of carbonyl (C=O) groups is 1. The molecule has 0 amide bonds. The van der Waals surface area contributed by atoms with Crippen LogP contribution in [0.3, 0.4) is 0 Å². The number of anilines is 1. The number of nitriles is 1. The zero-order chi connectivity index (χ0) is 14.8. The second kappa shape index (κ2) is 4.94. The van der Waals surface area contributed by atoms with Gasteiger partial charge in [0, 0.05) is 18.0 Å². The fraction of sp³-hybridized carbons (Fsp3) is 0. The molecule has 7 nitrogen and oxygen atoms in total. The van der Waals surface area contributed by atoms with Gasteiger partial charge in [0.05, 0.1) is 11.9 Å². The van der Waals surface area contributed by atoms with Gasteiger partial charge in [-0.15, -0.1) is 0 Å². The van der Waals surface area contributed by atoms with Gasteiger partial charge < -0.3 is 5.73 Å². The Morgan fingerprint density at radius 1 is 1.29 bits per heavy atom. The van der Waals surface area contributed by atoms with Crippen LogP contribution in [0.1, 0.15) is 15.9 Å². The Balaban J connectivity index is 2.01. The lowest BCUT2D eigenvalue weighted by molar-refractivity contribution is 0.0948. The number of carbonyl (C=O) groups excluding carboxylic acids is 1. The number of nitrogens with two attached hydrogens (primary N) is 1. The molecular weight excluding hydrogens is 268 g/mol. The van der Waals surface area contributed by atoms with Crippen molar-refractivity contribution in [3.05, 3.63) is 60.0 Å². The quantitative estimate of drug-likeness (QED) is 0.759. The van der Waals surface area contributed by atoms with Crippen molar-refractivity contribution in [2.45, 2.75) is 0 Å². The third-order valence-corrected chi connectivity index (χ3v) is 2.98. The molecule has 7 heteroatoms. The zero-order valence-electron chi connectivity index (χ0n) is 10.8. The van der Waals surface area contributed by atoms with E-state index in [4.69, 9.17) is 11.0 Å². The van der Waals surface area contributed by atoms with Crippen molar-refractivity contribution < 1.29 is 4.79 Å². The molecule has 0 saturated heterocycles. The number of hydrogen-bond acceptors (Lipinski definition) is 5. The minimum Gasteiger partial charge on any atom is -0.382 e. The summed E-state index contributed by atoms with van der Waals surface area (Å²) >= 11 is 0. The maximum atomic E-state index is 12.4. The van der Waals surface area contributed by atoms with Gasteiger partial charge in [-0.1, -0.05) is 6.07 Å². The van der Waals surface area contributed by atoms with E-state index in [0.717, 1.165) is 10.4 Å². The topological polar surface area (TPSA) is 103 Å². The lowest BCUT2D eigenvalue weighted by Crippen LogP contribution is -2.16. The van der Waals surface area contributed by atoms with Crippen LogP contribution >= 0.6 is 0 Å². The molecule has 2 aromatic heterocycles. The summed E-state index contributed by atoms with van der Waals surface area (Å²) in [7, 11) is 0. The predicted octanol–water partition coefficient (Wildman–Crippen LogP) is 1.21. The van der Waals surface area contributed by atoms with Crippen molar-refractivity contribution in [3.63, 3.8) is 0 Å². The van der Waals surface area contributed by atoms with Gasteiger partial charge in [0.1, 0.15) is 17.5 Å². The first kappa shape index (κ1) is 12.6. The molecule has 3 aromatic rings. The molecule has 0 unspecified atom stereocenters. The lowest BCUT2D eigenvalue weighted by Gasteiger charge is -2.06. The Morgan fingerprint density at radius 2 is 2.14 bits per heavy atom. The highest BCUT2D eigenvalue weighted by molar-refractivity contribution is 5.97. The van der Waals surface area contributed by atoms with Crippen LogP contribution in [0.4, 0.5) is 5.82 Å². The third kappa shape index (κ3) is 2.15. The largest absolute Gasteiger partial charge is 0.382 e. The van der Waals surface area contributed by atoms with E-state index in [0.29, 0.717) is 5.56 Å². The Bertz CT molecular complexity index is 841. The Morgan fingerprint density at radius 3 is 2.81 bits per heavy atom. The van der Waals surface area contributed by atoms with E-state index in [1.54, 1.807) is 41.3 Å². The van der Waals surface area contributed by atoms with Crippen molar-refractivity contribution in [1.29, 1.82) is 5.26 Å². The first-order chi connectivity index (χ1) is 10.2. The van der Waals surface area contributed by atoms with E-state index in [2.05, 4.69) is 10.2 Å². The van der Waals surface area contributed by atoms with Crippen LogP contribution in [0.2, 0.25) is 0 Å².